The van der Waals surface area contributed by atoms with Crippen molar-refractivity contribution in [3.8, 4) is 5.75 Å². The number of hydrogen-bond donors (Lipinski definition) is 4. The molecule has 1 aromatic carbocycles. The molecule has 3 rings (SSSR count). The average Bonchev–Trinajstić information content (AvgIpc) is 2.85. The monoisotopic (exact) mass is 494 g/mol. The van der Waals surface area contributed by atoms with Crippen LogP contribution in [0.5, 0.6) is 5.75 Å². The van der Waals surface area contributed by atoms with Gasteiger partial charge in [0.1, 0.15) is 36.8 Å². The van der Waals surface area contributed by atoms with Crippen molar-refractivity contribution in [3.05, 3.63) is 41.5 Å². The Bertz CT molecular complexity index is 823. The first-order valence-electron chi connectivity index (χ1n) is 12.3. The summed E-state index contributed by atoms with van der Waals surface area (Å²) >= 11 is 0. The maximum Gasteiger partial charge on any atom is 0.330 e. The molecule has 1 aliphatic carbocycles. The second-order valence-corrected chi connectivity index (χ2v) is 9.30. The topological polar surface area (TPSA) is 135 Å². The number of carbonyl (C=O) groups excluding carboxylic acids is 1. The van der Waals surface area contributed by atoms with Gasteiger partial charge in [0, 0.05) is 6.08 Å². The maximum absolute atomic E-state index is 11.5. The lowest BCUT2D eigenvalue weighted by molar-refractivity contribution is -0.316. The summed E-state index contributed by atoms with van der Waals surface area (Å²) < 4.78 is 22.3. The van der Waals surface area contributed by atoms with E-state index < -0.39 is 37.3 Å². The van der Waals surface area contributed by atoms with Gasteiger partial charge in [0.05, 0.1) is 19.3 Å². The summed E-state index contributed by atoms with van der Waals surface area (Å²) in [5, 5.41) is 39.8. The summed E-state index contributed by atoms with van der Waals surface area (Å²) in [5.74, 6) is 0.512. The van der Waals surface area contributed by atoms with E-state index in [-0.39, 0.29) is 24.6 Å². The summed E-state index contributed by atoms with van der Waals surface area (Å²) in [4.78, 5) is 11.5. The smallest absolute Gasteiger partial charge is 0.330 e. The number of ether oxygens (including phenoxy) is 4. The summed E-state index contributed by atoms with van der Waals surface area (Å²) in [5.41, 5.74) is 1.88. The second kappa shape index (κ2) is 13.3. The zero-order chi connectivity index (χ0) is 25.4. The first-order valence-corrected chi connectivity index (χ1v) is 12.3. The average molecular weight is 495 g/mol. The Kier molecular flexibility index (Phi) is 10.5. The number of hydrogen-bond acceptors (Lipinski definition) is 9. The van der Waals surface area contributed by atoms with E-state index in [0.717, 1.165) is 43.2 Å². The molecule has 1 saturated carbocycles. The van der Waals surface area contributed by atoms with E-state index in [1.165, 1.54) is 6.08 Å². The third-order valence-corrected chi connectivity index (χ3v) is 6.54. The van der Waals surface area contributed by atoms with Gasteiger partial charge in [-0.1, -0.05) is 25.0 Å². The molecule has 2 fully saturated rings. The Morgan fingerprint density at radius 3 is 2.49 bits per heavy atom. The molecule has 0 unspecified atom stereocenters. The fourth-order valence-corrected chi connectivity index (χ4v) is 4.59. The molecule has 196 valence electrons. The van der Waals surface area contributed by atoms with E-state index in [1.807, 2.05) is 31.2 Å². The van der Waals surface area contributed by atoms with Crippen LogP contribution in [0.15, 0.2) is 35.9 Å². The maximum atomic E-state index is 11.5. The third kappa shape index (κ3) is 7.73. The molecule has 1 saturated heterocycles. The number of rotatable bonds is 10. The predicted octanol–water partition coefficient (Wildman–Crippen LogP) is 1.49. The Hall–Kier alpha value is -2.01. The molecule has 1 heterocycles. The molecule has 2 aliphatic rings. The molecule has 4 N–H and O–H groups in total. The van der Waals surface area contributed by atoms with Crippen LogP contribution in [0.3, 0.4) is 0 Å². The Balaban J connectivity index is 1.56. The zero-order valence-corrected chi connectivity index (χ0v) is 20.4. The van der Waals surface area contributed by atoms with Gasteiger partial charge in [0.25, 0.3) is 0 Å². The van der Waals surface area contributed by atoms with E-state index in [9.17, 15) is 25.2 Å². The van der Waals surface area contributed by atoms with E-state index in [2.05, 4.69) is 0 Å². The van der Waals surface area contributed by atoms with Crippen LogP contribution in [0.1, 0.15) is 45.1 Å². The van der Waals surface area contributed by atoms with Crippen LogP contribution in [0, 0.1) is 5.92 Å². The van der Waals surface area contributed by atoms with Gasteiger partial charge in [-0.25, -0.2) is 4.79 Å². The minimum Gasteiger partial charge on any atom is -0.489 e. The molecule has 9 nitrogen and oxygen atoms in total. The van der Waals surface area contributed by atoms with Gasteiger partial charge in [-0.3, -0.25) is 0 Å². The molecule has 7 atom stereocenters. The van der Waals surface area contributed by atoms with Crippen molar-refractivity contribution in [2.45, 2.75) is 82.8 Å². The summed E-state index contributed by atoms with van der Waals surface area (Å²) in [6.45, 7) is 3.71. The highest BCUT2D eigenvalue weighted by atomic mass is 16.7. The van der Waals surface area contributed by atoms with Crippen molar-refractivity contribution < 1.29 is 44.2 Å². The van der Waals surface area contributed by atoms with E-state index in [4.69, 9.17) is 18.9 Å². The number of aliphatic hydroxyl groups is 4. The van der Waals surface area contributed by atoms with Crippen molar-refractivity contribution >= 4 is 5.97 Å². The molecule has 35 heavy (non-hydrogen) atoms. The molecular formula is C26H38O9. The van der Waals surface area contributed by atoms with Crippen molar-refractivity contribution in [2.75, 3.05) is 19.8 Å². The predicted molar refractivity (Wildman–Crippen MR) is 127 cm³/mol. The Labute approximate surface area is 206 Å². The van der Waals surface area contributed by atoms with E-state index in [0.29, 0.717) is 12.4 Å². The molecule has 1 aliphatic heterocycles. The summed E-state index contributed by atoms with van der Waals surface area (Å²) in [6, 6.07) is 7.78. The molecule has 0 amide bonds. The summed E-state index contributed by atoms with van der Waals surface area (Å²) in [7, 11) is 0. The second-order valence-electron chi connectivity index (χ2n) is 9.30. The van der Waals surface area contributed by atoms with Crippen molar-refractivity contribution in [1.82, 2.24) is 0 Å². The number of carbonyl (C=O) groups is 1. The highest BCUT2D eigenvalue weighted by Gasteiger charge is 2.45. The lowest BCUT2D eigenvalue weighted by Gasteiger charge is -2.42. The van der Waals surface area contributed by atoms with Crippen LogP contribution < -0.4 is 4.74 Å². The van der Waals surface area contributed by atoms with Gasteiger partial charge in [0.2, 0.25) is 0 Å². The lowest BCUT2D eigenvalue weighted by Crippen LogP contribution is -2.60. The molecule has 1 aromatic rings. The Morgan fingerprint density at radius 2 is 1.80 bits per heavy atom. The molecule has 0 bridgehead atoms. The first-order chi connectivity index (χ1) is 16.8. The molecular weight excluding hydrogens is 456 g/mol. The third-order valence-electron chi connectivity index (χ3n) is 6.54. The van der Waals surface area contributed by atoms with Gasteiger partial charge >= 0.3 is 5.97 Å². The standard InChI is InChI=1S/C26H38O9/c1-3-32-22(28)12-16(2)15-33-19-10-8-17(9-11-19)13-18-6-4-5-7-20(18)34-26-25(31)24(30)23(29)21(14-27)35-26/h8-12,18,20-21,23-27,29-31H,3-7,13-15H2,1-2H3/b16-12+/t18-,20-,21-,23-,24+,25-,26-/m1/s1. The fraction of sp³-hybridized carbons (Fsp3) is 0.654. The largest absolute Gasteiger partial charge is 0.489 e. The van der Waals surface area contributed by atoms with Crippen molar-refractivity contribution in [3.63, 3.8) is 0 Å². The number of aliphatic hydroxyl groups excluding tert-OH is 4. The highest BCUT2D eigenvalue weighted by Crippen LogP contribution is 2.33. The normalized spacial score (nSPS) is 31.7. The quantitative estimate of drug-likeness (QED) is 0.282. The van der Waals surface area contributed by atoms with Crippen molar-refractivity contribution in [2.24, 2.45) is 5.92 Å². The lowest BCUT2D eigenvalue weighted by atomic mass is 9.82. The van der Waals surface area contributed by atoms with E-state index in [1.54, 1.807) is 6.92 Å². The van der Waals surface area contributed by atoms with Gasteiger partial charge < -0.3 is 39.4 Å². The van der Waals surface area contributed by atoms with Gasteiger partial charge in [-0.2, -0.15) is 0 Å². The SMILES string of the molecule is CCOC(=O)/C=C(\C)COc1ccc(C[C@H]2CCCC[C@H]2O[C@@H]2O[C@H](CO)[C@@H](O)[C@H](O)[C@H]2O)cc1. The zero-order valence-electron chi connectivity index (χ0n) is 20.4. The fourth-order valence-electron chi connectivity index (χ4n) is 4.59. The minimum absolute atomic E-state index is 0.184. The van der Waals surface area contributed by atoms with Crippen LogP contribution in [0.4, 0.5) is 0 Å². The van der Waals surface area contributed by atoms with Gasteiger partial charge in [0.15, 0.2) is 6.29 Å². The van der Waals surface area contributed by atoms with Crippen LogP contribution in [-0.2, 0) is 25.4 Å². The van der Waals surface area contributed by atoms with Crippen LogP contribution >= 0.6 is 0 Å². The highest BCUT2D eigenvalue weighted by molar-refractivity contribution is 5.82. The molecule has 0 aromatic heterocycles. The van der Waals surface area contributed by atoms with Crippen molar-refractivity contribution in [1.29, 1.82) is 0 Å². The van der Waals surface area contributed by atoms with E-state index >= 15 is 0 Å². The molecule has 0 radical (unpaired) electrons. The van der Waals surface area contributed by atoms with Gasteiger partial charge in [-0.15, -0.1) is 0 Å². The first kappa shape index (κ1) is 27.6. The summed E-state index contributed by atoms with van der Waals surface area (Å²) in [6.07, 6.45) is -0.507. The van der Waals surface area contributed by atoms with Gasteiger partial charge in [-0.05, 0) is 62.3 Å². The number of benzene rings is 1. The van der Waals surface area contributed by atoms with Crippen LogP contribution in [0.25, 0.3) is 0 Å². The van der Waals surface area contributed by atoms with Crippen LogP contribution in [0.2, 0.25) is 0 Å². The minimum atomic E-state index is -1.45. The molecule has 9 heteroatoms. The number of esters is 1. The molecule has 0 spiro atoms. The Morgan fingerprint density at radius 1 is 1.09 bits per heavy atom. The van der Waals surface area contributed by atoms with Crippen LogP contribution in [-0.4, -0.2) is 83.0 Å².